The first-order valence-corrected chi connectivity index (χ1v) is 24.5. The van der Waals surface area contributed by atoms with Crippen LogP contribution in [0.15, 0.2) is 115 Å². The van der Waals surface area contributed by atoms with Crippen molar-refractivity contribution >= 4 is 46.1 Å². The molecule has 11 nitrogen and oxygen atoms in total. The van der Waals surface area contributed by atoms with Crippen LogP contribution >= 0.6 is 11.3 Å². The molecule has 0 aliphatic carbocycles. The maximum Gasteiger partial charge on any atom is 0.246 e. The Bertz CT molecular complexity index is 2430. The van der Waals surface area contributed by atoms with Crippen LogP contribution in [0.1, 0.15) is 107 Å². The molecule has 0 saturated carbocycles. The van der Waals surface area contributed by atoms with Crippen LogP contribution in [0.5, 0.6) is 5.75 Å². The first kappa shape index (κ1) is 50.3. The van der Waals surface area contributed by atoms with E-state index in [1.807, 2.05) is 81.7 Å². The number of ether oxygens (including phenoxy) is 1. The summed E-state index contributed by atoms with van der Waals surface area (Å²) in [7, 11) is 1.79. The van der Waals surface area contributed by atoms with E-state index in [2.05, 4.69) is 83.2 Å². The number of nitrogens with one attached hydrogen (secondary N) is 2. The van der Waals surface area contributed by atoms with E-state index in [0.717, 1.165) is 57.8 Å². The summed E-state index contributed by atoms with van der Waals surface area (Å²) in [4.78, 5) is 62.2. The lowest BCUT2D eigenvalue weighted by Gasteiger charge is -2.35. The molecular formula is C55H67N5O6S. The molecule has 6 rings (SSSR count). The number of allylic oxidation sites excluding steroid dienone is 1. The van der Waals surface area contributed by atoms with Gasteiger partial charge in [-0.2, -0.15) is 0 Å². The third-order valence-electron chi connectivity index (χ3n) is 12.4. The number of thiazole rings is 1. The lowest BCUT2D eigenvalue weighted by molar-refractivity contribution is -0.144. The van der Waals surface area contributed by atoms with Crippen molar-refractivity contribution in [2.75, 3.05) is 26.7 Å². The van der Waals surface area contributed by atoms with Gasteiger partial charge in [-0.25, -0.2) is 4.98 Å². The molecule has 3 N–H and O–H groups in total. The first-order valence-electron chi connectivity index (χ1n) is 23.6. The number of hydrogen-bond donors (Lipinski definition) is 3. The van der Waals surface area contributed by atoms with Crippen molar-refractivity contribution < 1.29 is 29.0 Å². The highest BCUT2D eigenvalue weighted by Gasteiger charge is 2.44. The van der Waals surface area contributed by atoms with Crippen molar-refractivity contribution in [2.24, 2.45) is 5.41 Å². The highest BCUT2D eigenvalue weighted by Crippen LogP contribution is 2.35. The zero-order valence-corrected chi connectivity index (χ0v) is 40.7. The van der Waals surface area contributed by atoms with E-state index < -0.39 is 23.6 Å². The van der Waals surface area contributed by atoms with E-state index in [9.17, 15) is 24.3 Å². The Hall–Kier alpha value is -6.11. The van der Waals surface area contributed by atoms with Crippen molar-refractivity contribution in [1.82, 2.24) is 25.4 Å². The molecule has 1 aliphatic heterocycles. The normalized spacial score (nSPS) is 15.7. The molecule has 1 saturated heterocycles. The Balaban J connectivity index is 0.900. The van der Waals surface area contributed by atoms with Gasteiger partial charge in [-0.15, -0.1) is 11.3 Å². The van der Waals surface area contributed by atoms with Crippen molar-refractivity contribution in [1.29, 1.82) is 0 Å². The van der Waals surface area contributed by atoms with E-state index in [1.54, 1.807) is 23.3 Å². The number of likely N-dealkylation sites (tertiary alicyclic amines) is 1. The number of aliphatic hydroxyl groups is 1. The standard InChI is InChI=1S/C55H67N5O6S/c1-7-46(40-18-12-10-13-19-40)50(41-20-14-11-15-21-41)42-28-30-45(31-29-42)66-33-32-59(6)49(63)23-17-9-8-16-22-48(62)58-52(55(3,4)5)54(65)60-36-44(61)34-47(60)53(64)56-35-39-24-26-43(27-25-39)51-38(2)57-37-67-51/h10-15,18-21,24-31,37,44,47,52,61H,7-9,16-17,22-23,32-36H2,1-6H3,(H,56,64)(H,58,62)/b50-46-/t44-,47+,52-/m1/s1. The van der Waals surface area contributed by atoms with Gasteiger partial charge in [0.1, 0.15) is 24.4 Å². The van der Waals surface area contributed by atoms with Gasteiger partial charge in [0.25, 0.3) is 0 Å². The van der Waals surface area contributed by atoms with Crippen LogP contribution in [0.3, 0.4) is 0 Å². The molecular weight excluding hydrogens is 859 g/mol. The fourth-order valence-electron chi connectivity index (χ4n) is 8.55. The number of aryl methyl sites for hydroxylation is 1. The number of carbonyl (C=O) groups excluding carboxylic acids is 4. The van der Waals surface area contributed by atoms with E-state index >= 15 is 0 Å². The molecule has 3 atom stereocenters. The number of amides is 4. The summed E-state index contributed by atoms with van der Waals surface area (Å²) in [5.41, 5.74) is 10.1. The number of rotatable bonds is 21. The highest BCUT2D eigenvalue weighted by molar-refractivity contribution is 7.13. The largest absolute Gasteiger partial charge is 0.492 e. The summed E-state index contributed by atoms with van der Waals surface area (Å²) in [5, 5.41) is 16.5. The van der Waals surface area contributed by atoms with Gasteiger partial charge in [0.05, 0.1) is 28.7 Å². The van der Waals surface area contributed by atoms with Crippen LogP contribution in [0, 0.1) is 12.3 Å². The molecule has 1 aromatic heterocycles. The quantitative estimate of drug-likeness (QED) is 0.0492. The van der Waals surface area contributed by atoms with Crippen LogP contribution < -0.4 is 15.4 Å². The molecule has 1 aliphatic rings. The van der Waals surface area contributed by atoms with Gasteiger partial charge in [-0.1, -0.05) is 138 Å². The fraction of sp³-hybridized carbons (Fsp3) is 0.400. The molecule has 4 amide bonds. The van der Waals surface area contributed by atoms with Crippen LogP contribution in [-0.4, -0.2) is 88.5 Å². The minimum absolute atomic E-state index is 0.0149. The molecule has 0 bridgehead atoms. The molecule has 5 aromatic rings. The van der Waals surface area contributed by atoms with E-state index in [4.69, 9.17) is 4.74 Å². The molecule has 67 heavy (non-hydrogen) atoms. The summed E-state index contributed by atoms with van der Waals surface area (Å²) >= 11 is 1.58. The Morgan fingerprint density at radius 2 is 1.48 bits per heavy atom. The molecule has 0 unspecified atom stereocenters. The van der Waals surface area contributed by atoms with E-state index in [1.165, 1.54) is 21.6 Å². The van der Waals surface area contributed by atoms with Crippen LogP contribution in [0.2, 0.25) is 0 Å². The predicted octanol–water partition coefficient (Wildman–Crippen LogP) is 9.47. The molecule has 12 heteroatoms. The van der Waals surface area contributed by atoms with Crippen LogP contribution in [0.4, 0.5) is 0 Å². The summed E-state index contributed by atoms with van der Waals surface area (Å²) in [5.74, 6) is -0.188. The minimum Gasteiger partial charge on any atom is -0.492 e. The van der Waals surface area contributed by atoms with Gasteiger partial charge in [0.2, 0.25) is 23.6 Å². The van der Waals surface area contributed by atoms with Gasteiger partial charge >= 0.3 is 0 Å². The van der Waals surface area contributed by atoms with Crippen LogP contribution in [-0.2, 0) is 25.7 Å². The van der Waals surface area contributed by atoms with Gasteiger partial charge in [-0.3, -0.25) is 19.2 Å². The number of benzene rings is 4. The second-order valence-corrected chi connectivity index (χ2v) is 19.3. The van der Waals surface area contributed by atoms with Crippen molar-refractivity contribution in [2.45, 2.75) is 111 Å². The fourth-order valence-corrected chi connectivity index (χ4v) is 9.36. The Morgan fingerprint density at radius 3 is 2.09 bits per heavy atom. The first-order chi connectivity index (χ1) is 32.2. The molecule has 354 valence electrons. The van der Waals surface area contributed by atoms with Crippen LogP contribution in [0.25, 0.3) is 21.6 Å². The van der Waals surface area contributed by atoms with E-state index in [-0.39, 0.29) is 49.6 Å². The average molecular weight is 926 g/mol. The van der Waals surface area contributed by atoms with Crippen molar-refractivity contribution in [3.63, 3.8) is 0 Å². The summed E-state index contributed by atoms with van der Waals surface area (Å²) in [6.07, 6.45) is 3.67. The molecule has 0 spiro atoms. The Labute approximate surface area is 400 Å². The van der Waals surface area contributed by atoms with Gasteiger partial charge in [-0.05, 0) is 82.7 Å². The number of aromatic nitrogens is 1. The number of hydrogen-bond acceptors (Lipinski definition) is 8. The molecule has 1 fully saturated rings. The topological polar surface area (TPSA) is 141 Å². The SMILES string of the molecule is CC/C(=C(\c1ccccc1)c1ccc(OCCN(C)C(=O)CCCCCCC(=O)N[C@H](C(=O)N2C[C@H](O)C[C@H]2C(=O)NCc2ccc(-c3scnc3C)cc2)C(C)(C)C)cc1)c1ccccc1. The predicted molar refractivity (Wildman–Crippen MR) is 268 cm³/mol. The highest BCUT2D eigenvalue weighted by atomic mass is 32.1. The summed E-state index contributed by atoms with van der Waals surface area (Å²) in [6.45, 7) is 10.9. The summed E-state index contributed by atoms with van der Waals surface area (Å²) in [6, 6.07) is 35.3. The smallest absolute Gasteiger partial charge is 0.246 e. The maximum absolute atomic E-state index is 14.0. The monoisotopic (exact) mass is 925 g/mol. The number of carbonyl (C=O) groups is 4. The summed E-state index contributed by atoms with van der Waals surface area (Å²) < 4.78 is 6.07. The zero-order valence-electron chi connectivity index (χ0n) is 39.9. The van der Waals surface area contributed by atoms with Crippen molar-refractivity contribution in [3.8, 4) is 16.2 Å². The Kier molecular flexibility index (Phi) is 18.1. The van der Waals surface area contributed by atoms with E-state index in [0.29, 0.717) is 32.4 Å². The van der Waals surface area contributed by atoms with Crippen molar-refractivity contribution in [3.05, 3.63) is 143 Å². The zero-order chi connectivity index (χ0) is 47.9. The van der Waals surface area contributed by atoms with Gasteiger partial charge in [0.15, 0.2) is 0 Å². The second-order valence-electron chi connectivity index (χ2n) is 18.5. The molecule has 2 heterocycles. The molecule has 0 radical (unpaired) electrons. The van der Waals surface area contributed by atoms with Gasteiger partial charge < -0.3 is 30.3 Å². The Morgan fingerprint density at radius 1 is 0.851 bits per heavy atom. The maximum atomic E-state index is 14.0. The number of nitrogens with zero attached hydrogens (tertiary/aromatic N) is 3. The number of likely N-dealkylation sites (N-methyl/N-ethyl adjacent to an activating group) is 1. The third-order valence-corrected chi connectivity index (χ3v) is 13.3. The second kappa shape index (κ2) is 24.1. The molecule has 4 aromatic carbocycles. The van der Waals surface area contributed by atoms with Gasteiger partial charge in [0, 0.05) is 39.4 Å². The lowest BCUT2D eigenvalue weighted by Crippen LogP contribution is -2.57. The third kappa shape index (κ3) is 14.0. The lowest BCUT2D eigenvalue weighted by atomic mass is 9.85. The number of aliphatic hydroxyl groups excluding tert-OH is 1. The number of β-amino-alcohol motifs (C(OH)–C–C–N with tert-alkyl or cyclic N) is 1. The average Bonchev–Trinajstić information content (AvgIpc) is 3.95. The minimum atomic E-state index is -0.886. The number of unbranched alkanes of at least 4 members (excludes halogenated alkanes) is 3.